The first-order valence-corrected chi connectivity index (χ1v) is 12.1. The second-order valence-electron chi connectivity index (χ2n) is 6.33. The molecular formula is C20H22FN3O5S2. The number of hydrogen-bond donors (Lipinski definition) is 3. The second-order valence-corrected chi connectivity index (χ2v) is 9.88. The van der Waals surface area contributed by atoms with Crippen molar-refractivity contribution in [1.82, 2.24) is 9.44 Å². The summed E-state index contributed by atoms with van der Waals surface area (Å²) >= 11 is 0. The number of rotatable bonds is 11. The minimum absolute atomic E-state index is 0.0688. The third kappa shape index (κ3) is 7.10. The van der Waals surface area contributed by atoms with Crippen LogP contribution >= 0.6 is 0 Å². The molecular weight excluding hydrogens is 445 g/mol. The molecule has 2 aromatic carbocycles. The predicted molar refractivity (Wildman–Crippen MR) is 117 cm³/mol. The Morgan fingerprint density at radius 1 is 0.935 bits per heavy atom. The zero-order chi connectivity index (χ0) is 23.1. The molecule has 2 rings (SSSR count). The molecule has 11 heteroatoms. The zero-order valence-corrected chi connectivity index (χ0v) is 18.1. The van der Waals surface area contributed by atoms with Gasteiger partial charge in [-0.2, -0.15) is 0 Å². The molecule has 0 atom stereocenters. The Morgan fingerprint density at radius 3 is 2.16 bits per heavy atom. The highest BCUT2D eigenvalue weighted by molar-refractivity contribution is 7.89. The van der Waals surface area contributed by atoms with Gasteiger partial charge < -0.3 is 5.32 Å². The third-order valence-electron chi connectivity index (χ3n) is 3.92. The van der Waals surface area contributed by atoms with Crippen LogP contribution in [0, 0.1) is 5.82 Å². The van der Waals surface area contributed by atoms with Crippen LogP contribution in [0.2, 0.25) is 0 Å². The van der Waals surface area contributed by atoms with Crippen molar-refractivity contribution in [2.45, 2.75) is 10.6 Å². The molecule has 31 heavy (non-hydrogen) atoms. The maximum atomic E-state index is 14.0. The Bertz CT molecular complexity index is 1180. The fraction of sp³-hybridized carbons (Fsp3) is 0.150. The van der Waals surface area contributed by atoms with E-state index < -0.39 is 36.7 Å². The SMILES string of the molecule is C=CCNS(=O)(=O)Cc1ccc(NC(=O)c2ccc(F)c(S(=O)(=O)NCC=C)c2)cc1. The average molecular weight is 468 g/mol. The number of benzene rings is 2. The summed E-state index contributed by atoms with van der Waals surface area (Å²) in [7, 11) is -7.68. The first-order valence-electron chi connectivity index (χ1n) is 8.96. The Morgan fingerprint density at radius 2 is 1.55 bits per heavy atom. The molecule has 0 fully saturated rings. The highest BCUT2D eigenvalue weighted by Crippen LogP contribution is 2.18. The highest BCUT2D eigenvalue weighted by Gasteiger charge is 2.20. The first-order chi connectivity index (χ1) is 14.6. The molecule has 8 nitrogen and oxygen atoms in total. The van der Waals surface area contributed by atoms with Crippen LogP contribution in [0.1, 0.15) is 15.9 Å². The first kappa shape index (κ1) is 24.4. The van der Waals surface area contributed by atoms with Gasteiger partial charge in [0.1, 0.15) is 10.7 Å². The van der Waals surface area contributed by atoms with Crippen LogP contribution in [0.4, 0.5) is 10.1 Å². The van der Waals surface area contributed by atoms with E-state index in [0.717, 1.165) is 18.2 Å². The monoisotopic (exact) mass is 467 g/mol. The van der Waals surface area contributed by atoms with Crippen molar-refractivity contribution in [2.75, 3.05) is 18.4 Å². The summed E-state index contributed by atoms with van der Waals surface area (Å²) in [6.07, 6.45) is 2.73. The number of sulfonamides is 2. The largest absolute Gasteiger partial charge is 0.322 e. The van der Waals surface area contributed by atoms with Crippen LogP contribution in [-0.2, 0) is 25.8 Å². The normalized spacial score (nSPS) is 11.6. The van der Waals surface area contributed by atoms with E-state index in [2.05, 4.69) is 27.9 Å². The fourth-order valence-corrected chi connectivity index (χ4v) is 4.65. The zero-order valence-electron chi connectivity index (χ0n) is 16.5. The minimum Gasteiger partial charge on any atom is -0.322 e. The molecule has 166 valence electrons. The van der Waals surface area contributed by atoms with Gasteiger partial charge in [-0.05, 0) is 35.9 Å². The van der Waals surface area contributed by atoms with Gasteiger partial charge in [-0.1, -0.05) is 24.3 Å². The van der Waals surface area contributed by atoms with Crippen molar-refractivity contribution < 1.29 is 26.0 Å². The van der Waals surface area contributed by atoms with Crippen LogP contribution in [0.5, 0.6) is 0 Å². The summed E-state index contributed by atoms with van der Waals surface area (Å²) < 4.78 is 66.6. The number of halogens is 1. The summed E-state index contributed by atoms with van der Waals surface area (Å²) in [5, 5.41) is 2.55. The van der Waals surface area contributed by atoms with Crippen molar-refractivity contribution in [3.8, 4) is 0 Å². The molecule has 0 radical (unpaired) electrons. The second kappa shape index (κ2) is 10.4. The van der Waals surface area contributed by atoms with E-state index in [4.69, 9.17) is 0 Å². The van der Waals surface area contributed by atoms with Gasteiger partial charge in [0.05, 0.1) is 5.75 Å². The van der Waals surface area contributed by atoms with Crippen molar-refractivity contribution in [1.29, 1.82) is 0 Å². The molecule has 0 bridgehead atoms. The van der Waals surface area contributed by atoms with Crippen LogP contribution < -0.4 is 14.8 Å². The van der Waals surface area contributed by atoms with Gasteiger partial charge in [0, 0.05) is 24.3 Å². The van der Waals surface area contributed by atoms with E-state index in [1.54, 1.807) is 0 Å². The summed E-state index contributed by atoms with van der Waals surface area (Å²) in [6.45, 7) is 6.85. The topological polar surface area (TPSA) is 121 Å². The van der Waals surface area contributed by atoms with Crippen molar-refractivity contribution in [2.24, 2.45) is 0 Å². The molecule has 0 aliphatic heterocycles. The van der Waals surface area contributed by atoms with Crippen molar-refractivity contribution >= 4 is 31.6 Å². The summed E-state index contributed by atoms with van der Waals surface area (Å²) in [5.74, 6) is -1.90. The number of amides is 1. The lowest BCUT2D eigenvalue weighted by Crippen LogP contribution is -2.25. The number of nitrogens with one attached hydrogen (secondary N) is 3. The molecule has 0 spiro atoms. The minimum atomic E-state index is -4.16. The molecule has 0 saturated carbocycles. The number of carbonyl (C=O) groups is 1. The van der Waals surface area contributed by atoms with Gasteiger partial charge in [-0.25, -0.2) is 30.7 Å². The maximum Gasteiger partial charge on any atom is 0.255 e. The van der Waals surface area contributed by atoms with E-state index in [-0.39, 0.29) is 24.4 Å². The van der Waals surface area contributed by atoms with E-state index in [9.17, 15) is 26.0 Å². The van der Waals surface area contributed by atoms with E-state index >= 15 is 0 Å². The molecule has 0 aliphatic carbocycles. The third-order valence-corrected chi connectivity index (χ3v) is 6.68. The maximum absolute atomic E-state index is 14.0. The quantitative estimate of drug-likeness (QED) is 0.437. The lowest BCUT2D eigenvalue weighted by atomic mass is 10.2. The standard InChI is InChI=1S/C20H22FN3O5S2/c1-3-11-22-30(26,27)14-15-5-8-17(9-6-15)24-20(25)16-7-10-18(21)19(13-16)31(28,29)23-12-4-2/h3-10,13,22-23H,1-2,11-12,14H2,(H,24,25). The Kier molecular flexibility index (Phi) is 8.22. The van der Waals surface area contributed by atoms with Gasteiger partial charge in [-0.15, -0.1) is 13.2 Å². The number of hydrogen-bond acceptors (Lipinski definition) is 5. The number of anilines is 1. The molecule has 0 aliphatic rings. The molecule has 0 saturated heterocycles. The molecule has 3 N–H and O–H groups in total. The van der Waals surface area contributed by atoms with Crippen LogP contribution in [-0.4, -0.2) is 35.8 Å². The van der Waals surface area contributed by atoms with Gasteiger partial charge in [0.15, 0.2) is 0 Å². The Balaban J connectivity index is 2.14. The van der Waals surface area contributed by atoms with E-state index in [1.165, 1.54) is 36.4 Å². The smallest absolute Gasteiger partial charge is 0.255 e. The Hall–Kier alpha value is -2.86. The lowest BCUT2D eigenvalue weighted by Gasteiger charge is -2.10. The highest BCUT2D eigenvalue weighted by atomic mass is 32.2. The summed E-state index contributed by atoms with van der Waals surface area (Å²) in [6, 6.07) is 9.05. The molecule has 0 unspecified atom stereocenters. The lowest BCUT2D eigenvalue weighted by molar-refractivity contribution is 0.102. The van der Waals surface area contributed by atoms with Gasteiger partial charge in [0.25, 0.3) is 5.91 Å². The molecule has 0 aromatic heterocycles. The number of carbonyl (C=O) groups excluding carboxylic acids is 1. The van der Waals surface area contributed by atoms with Crippen LogP contribution in [0.3, 0.4) is 0 Å². The van der Waals surface area contributed by atoms with Gasteiger partial charge >= 0.3 is 0 Å². The molecule has 1 amide bonds. The average Bonchev–Trinajstić information content (AvgIpc) is 2.72. The van der Waals surface area contributed by atoms with Gasteiger partial charge in [0.2, 0.25) is 20.0 Å². The van der Waals surface area contributed by atoms with Crippen LogP contribution in [0.25, 0.3) is 0 Å². The summed E-state index contributed by atoms with van der Waals surface area (Å²) in [5.41, 5.74) is 0.780. The fourth-order valence-electron chi connectivity index (χ4n) is 2.44. The molecule has 0 heterocycles. The van der Waals surface area contributed by atoms with Crippen molar-refractivity contribution in [3.63, 3.8) is 0 Å². The summed E-state index contributed by atoms with van der Waals surface area (Å²) in [4.78, 5) is 11.8. The predicted octanol–water partition coefficient (Wildman–Crippen LogP) is 2.15. The van der Waals surface area contributed by atoms with Gasteiger partial charge in [-0.3, -0.25) is 4.79 Å². The van der Waals surface area contributed by atoms with Crippen LogP contribution in [0.15, 0.2) is 72.7 Å². The van der Waals surface area contributed by atoms with E-state index in [0.29, 0.717) is 11.3 Å². The Labute approximate surface area is 181 Å². The molecule has 2 aromatic rings. The van der Waals surface area contributed by atoms with E-state index in [1.807, 2.05) is 0 Å². The van der Waals surface area contributed by atoms with Crippen molar-refractivity contribution in [3.05, 3.63) is 84.7 Å².